The molecule has 486 valence electrons. The van der Waals surface area contributed by atoms with Gasteiger partial charge in [-0.2, -0.15) is 0 Å². The highest BCUT2D eigenvalue weighted by atomic mass is 16.7. The second-order valence-corrected chi connectivity index (χ2v) is 24.3. The van der Waals surface area contributed by atoms with E-state index in [1.54, 1.807) is 10.0 Å². The first-order valence-electron chi connectivity index (χ1n) is 30.3. The van der Waals surface area contributed by atoms with Gasteiger partial charge in [0, 0.05) is 61.1 Å². The monoisotopic (exact) mass is 1210 g/mol. The largest absolute Gasteiger partial charge is 0.390 e. The summed E-state index contributed by atoms with van der Waals surface area (Å²) in [5, 5.41) is 91.2. The van der Waals surface area contributed by atoms with Crippen molar-refractivity contribution in [3.8, 4) is 0 Å². The zero-order valence-corrected chi connectivity index (χ0v) is 48.0. The first kappa shape index (κ1) is 67.5. The van der Waals surface area contributed by atoms with Gasteiger partial charge in [-0.25, -0.2) is 0 Å². The molecule has 2 aliphatic carbocycles. The highest BCUT2D eigenvalue weighted by Gasteiger charge is 2.53. The van der Waals surface area contributed by atoms with Gasteiger partial charge in [-0.15, -0.1) is 11.1 Å². The smallest absolute Gasteiger partial charge is 0.186 e. The number of allylic oxidation sites excluding steroid dienone is 2. The number of unbranched alkanes of at least 4 members (excludes halogenated alkanes) is 9. The van der Waals surface area contributed by atoms with Crippen molar-refractivity contribution >= 4 is 0 Å². The van der Waals surface area contributed by atoms with Crippen LogP contribution in [0.4, 0.5) is 0 Å². The Bertz CT molecular complexity index is 1920. The second-order valence-electron chi connectivity index (χ2n) is 24.3. The lowest BCUT2D eigenvalue weighted by molar-refractivity contribution is -0.313. The maximum atomic E-state index is 11.5. The number of nitrogens with one attached hydrogen (secondary N) is 4. The molecule has 6 aliphatic heterocycles. The van der Waals surface area contributed by atoms with Crippen LogP contribution < -0.4 is 79.3 Å². The van der Waals surface area contributed by atoms with Crippen molar-refractivity contribution in [2.24, 2.45) is 57.3 Å². The van der Waals surface area contributed by atoms with Crippen molar-refractivity contribution in [1.29, 1.82) is 0 Å². The number of hydrogen-bond donors (Lipinski definition) is 22. The van der Waals surface area contributed by atoms with Crippen LogP contribution in [0.25, 0.3) is 0 Å². The summed E-state index contributed by atoms with van der Waals surface area (Å²) in [6, 6.07) is -6.70. The minimum absolute atomic E-state index is 0.0362. The molecule has 0 aromatic rings. The highest BCUT2D eigenvalue weighted by Crippen LogP contribution is 2.34. The van der Waals surface area contributed by atoms with Crippen LogP contribution in [0.3, 0.4) is 0 Å². The molecule has 0 amide bonds. The Morgan fingerprint density at radius 1 is 0.393 bits per heavy atom. The summed E-state index contributed by atoms with van der Waals surface area (Å²) in [5.41, 5.74) is 76.6. The Morgan fingerprint density at radius 3 is 1.04 bits per heavy atom. The van der Waals surface area contributed by atoms with Crippen molar-refractivity contribution in [2.75, 3.05) is 26.2 Å². The van der Waals surface area contributed by atoms with Crippen molar-refractivity contribution < 1.29 is 78.7 Å². The Labute approximate surface area is 490 Å². The number of hydrazine groups is 4. The Morgan fingerprint density at radius 2 is 0.702 bits per heavy atom. The first-order chi connectivity index (χ1) is 40.1. The van der Waals surface area contributed by atoms with Gasteiger partial charge in [-0.1, -0.05) is 51.4 Å². The van der Waals surface area contributed by atoms with Gasteiger partial charge in [0.1, 0.15) is 61.0 Å². The molecule has 6 heterocycles. The van der Waals surface area contributed by atoms with Crippen LogP contribution in [-0.2, 0) is 37.9 Å². The van der Waals surface area contributed by atoms with E-state index in [9.17, 15) is 40.9 Å². The maximum absolute atomic E-state index is 11.5. The van der Waals surface area contributed by atoms with Crippen molar-refractivity contribution in [3.05, 3.63) is 23.8 Å². The van der Waals surface area contributed by atoms with Crippen molar-refractivity contribution in [2.45, 2.75) is 274 Å². The van der Waals surface area contributed by atoms with E-state index in [-0.39, 0.29) is 51.9 Å². The Balaban J connectivity index is 0.677. The summed E-state index contributed by atoms with van der Waals surface area (Å²) in [6.45, 7) is 0.367. The quantitative estimate of drug-likeness (QED) is 0.0340. The van der Waals surface area contributed by atoms with Gasteiger partial charge in [0.15, 0.2) is 25.2 Å². The Kier molecular flexibility index (Phi) is 25.2. The fourth-order valence-electron chi connectivity index (χ4n) is 12.5. The number of hydrogen-bond acceptors (Lipinski definition) is 32. The fraction of sp³-hybridized carbons (Fsp3) is 0.923. The summed E-state index contributed by atoms with van der Waals surface area (Å²) in [7, 11) is 0. The predicted octanol–water partition coefficient (Wildman–Crippen LogP) is -8.55. The van der Waals surface area contributed by atoms with E-state index >= 15 is 0 Å². The Hall–Kier alpha value is -2.44. The van der Waals surface area contributed by atoms with Crippen LogP contribution in [-0.4, -0.2) is 248 Å². The van der Waals surface area contributed by atoms with Crippen LogP contribution >= 0.6 is 0 Å². The molecule has 8 rings (SSSR count). The lowest BCUT2D eigenvalue weighted by atomic mass is 9.84. The van der Waals surface area contributed by atoms with E-state index in [0.29, 0.717) is 0 Å². The van der Waals surface area contributed by atoms with Gasteiger partial charge in [0.05, 0.1) is 73.9 Å². The molecular weight excluding hydrogens is 1100 g/mol. The normalized spacial score (nSPS) is 44.8. The molecular formula is C52H102N16O16. The molecule has 28 atom stereocenters. The molecule has 0 aromatic carbocycles. The lowest BCUT2D eigenvalue weighted by Crippen LogP contribution is -2.68. The molecule has 6 fully saturated rings. The average Bonchev–Trinajstić information content (AvgIpc) is 3.37. The number of aliphatic hydroxyl groups is 8. The van der Waals surface area contributed by atoms with Gasteiger partial charge in [-0.3, -0.25) is 10.0 Å². The summed E-state index contributed by atoms with van der Waals surface area (Å²) >= 11 is 0. The number of rotatable bonds is 27. The van der Waals surface area contributed by atoms with Crippen LogP contribution in [0.1, 0.15) is 103 Å². The fourth-order valence-corrected chi connectivity index (χ4v) is 12.5. The summed E-state index contributed by atoms with van der Waals surface area (Å²) < 4.78 is 48.2. The van der Waals surface area contributed by atoms with E-state index < -0.39 is 171 Å². The van der Waals surface area contributed by atoms with Crippen LogP contribution in [0, 0.1) is 0 Å². The van der Waals surface area contributed by atoms with Crippen LogP contribution in [0.2, 0.25) is 0 Å². The maximum Gasteiger partial charge on any atom is 0.186 e. The standard InChI is InChI=1S/C52H102N16O16/c53-17-33-31(69)15-29(59)49(77-33)81-45-25(55)13-27(57)47(43(45)75)83-51-41(73)37(61)39(71)35(79-51)21-67-19-23(63-65-67)11-9-7-5-3-1-2-4-6-8-10-12-24-20-68(66-64-24)22-36-40(72)38(62)42(74)52(80-36)84-48-28(58)14-26(56)46(44(48)76)82-50-30(60)16-32(70)34(18-54)78-50/h19-20,25-52,63-66,69-76H,1-18,21-22,53-62H2. The molecule has 2 saturated carbocycles. The van der Waals surface area contributed by atoms with Gasteiger partial charge in [-0.05, 0) is 51.4 Å². The lowest BCUT2D eigenvalue weighted by Gasteiger charge is -2.48. The zero-order valence-electron chi connectivity index (χ0n) is 48.0. The molecule has 32 nitrogen and oxygen atoms in total. The van der Waals surface area contributed by atoms with Crippen molar-refractivity contribution in [1.82, 2.24) is 31.9 Å². The molecule has 32 N–H and O–H groups in total. The van der Waals surface area contributed by atoms with Gasteiger partial charge >= 0.3 is 0 Å². The van der Waals surface area contributed by atoms with E-state index in [1.807, 2.05) is 12.4 Å². The molecule has 84 heavy (non-hydrogen) atoms. The van der Waals surface area contributed by atoms with Crippen LogP contribution in [0.15, 0.2) is 23.8 Å². The number of nitrogens with two attached hydrogens (primary N) is 10. The predicted molar refractivity (Wildman–Crippen MR) is 300 cm³/mol. The summed E-state index contributed by atoms with van der Waals surface area (Å²) in [5.74, 6) is 0. The third kappa shape index (κ3) is 16.9. The van der Waals surface area contributed by atoms with Gasteiger partial charge in [0.25, 0.3) is 0 Å². The SMILES string of the molecule is NCC1OC(OC2C(N)CC(N)C(OC3OC(CN4C=C(CCCCCCCCCCCCC5=CN(CC6OC(OC7C(N)CC(N)C(OC8OC(CN)C(O)CC8N)C7O)C(O)C(N)C6O)NN5)NN4)C(O)C(N)C3O)C2O)C(N)CC1O. The molecule has 0 spiro atoms. The average molecular weight is 1210 g/mol. The molecule has 32 heteroatoms. The zero-order chi connectivity index (χ0) is 60.5. The number of ether oxygens (including phenoxy) is 8. The van der Waals surface area contributed by atoms with Gasteiger partial charge in [0.2, 0.25) is 0 Å². The highest BCUT2D eigenvalue weighted by molar-refractivity contribution is 5.07. The van der Waals surface area contributed by atoms with Crippen LogP contribution in [0.5, 0.6) is 0 Å². The van der Waals surface area contributed by atoms with E-state index in [1.165, 1.54) is 12.8 Å². The van der Waals surface area contributed by atoms with Crippen molar-refractivity contribution in [3.63, 3.8) is 0 Å². The second kappa shape index (κ2) is 31.3. The number of nitrogens with zero attached hydrogens (tertiary/aromatic N) is 2. The van der Waals surface area contributed by atoms with E-state index in [0.717, 1.165) is 75.6 Å². The molecule has 4 saturated heterocycles. The minimum Gasteiger partial charge on any atom is -0.390 e. The van der Waals surface area contributed by atoms with Gasteiger partial charge < -0.3 is 147 Å². The minimum atomic E-state index is -1.45. The molecule has 0 aromatic heterocycles. The summed E-state index contributed by atoms with van der Waals surface area (Å²) in [6.07, 6.45) is -5.02. The third-order valence-corrected chi connectivity index (χ3v) is 17.7. The summed E-state index contributed by atoms with van der Waals surface area (Å²) in [4.78, 5) is 0. The first-order valence-corrected chi connectivity index (χ1v) is 30.3. The molecule has 8 aliphatic rings. The topological polar surface area (TPSA) is 550 Å². The van der Waals surface area contributed by atoms with E-state index in [2.05, 4.69) is 21.9 Å². The third-order valence-electron chi connectivity index (χ3n) is 17.7. The van der Waals surface area contributed by atoms with E-state index in [4.69, 9.17) is 95.2 Å². The molecule has 28 unspecified atom stereocenters. The molecule has 0 bridgehead atoms. The number of aliphatic hydroxyl groups excluding tert-OH is 8. The molecule has 0 radical (unpaired) electrons.